The molecule has 4 heteroatoms. The van der Waals surface area contributed by atoms with Crippen molar-refractivity contribution in [1.29, 1.82) is 0 Å². The molecule has 1 aromatic carbocycles. The van der Waals surface area contributed by atoms with Crippen molar-refractivity contribution in [3.05, 3.63) is 28.2 Å². The summed E-state index contributed by atoms with van der Waals surface area (Å²) in [4.78, 5) is 4.84. The highest BCUT2D eigenvalue weighted by Crippen LogP contribution is 2.27. The molecule has 1 heterocycles. The quantitative estimate of drug-likeness (QED) is 0.870. The van der Waals surface area contributed by atoms with Crippen molar-refractivity contribution in [1.82, 2.24) is 9.80 Å². The lowest BCUT2D eigenvalue weighted by molar-refractivity contribution is 0.250. The minimum Gasteiger partial charge on any atom is -0.398 e. The van der Waals surface area contributed by atoms with Crippen LogP contribution in [0.3, 0.4) is 0 Å². The minimum absolute atomic E-state index is 0.657. The summed E-state index contributed by atoms with van der Waals surface area (Å²) in [7, 11) is 4.34. The SMILES string of the molecule is CC1CN(Cc2cccc(N)c2Br)CC1N(C)C. The number of nitrogen functional groups attached to an aromatic ring is 1. The molecule has 0 aromatic heterocycles. The first-order chi connectivity index (χ1) is 8.49. The molecular formula is C14H22BrN3. The predicted molar refractivity (Wildman–Crippen MR) is 80.5 cm³/mol. The van der Waals surface area contributed by atoms with Gasteiger partial charge in [0.25, 0.3) is 0 Å². The van der Waals surface area contributed by atoms with E-state index in [1.54, 1.807) is 0 Å². The smallest absolute Gasteiger partial charge is 0.0461 e. The van der Waals surface area contributed by atoms with Crippen LogP contribution in [0.2, 0.25) is 0 Å². The summed E-state index contributed by atoms with van der Waals surface area (Å²) in [5, 5.41) is 0. The van der Waals surface area contributed by atoms with Gasteiger partial charge in [-0.05, 0) is 47.6 Å². The molecule has 1 saturated heterocycles. The molecule has 1 aromatic rings. The van der Waals surface area contributed by atoms with E-state index < -0.39 is 0 Å². The van der Waals surface area contributed by atoms with Gasteiger partial charge in [0, 0.05) is 35.8 Å². The van der Waals surface area contributed by atoms with Crippen LogP contribution >= 0.6 is 15.9 Å². The van der Waals surface area contributed by atoms with Gasteiger partial charge in [-0.25, -0.2) is 0 Å². The number of nitrogens with two attached hydrogens (primary N) is 1. The van der Waals surface area contributed by atoms with Gasteiger partial charge in [0.15, 0.2) is 0 Å². The topological polar surface area (TPSA) is 32.5 Å². The van der Waals surface area contributed by atoms with Crippen molar-refractivity contribution in [2.24, 2.45) is 5.92 Å². The van der Waals surface area contributed by atoms with Gasteiger partial charge in [0.1, 0.15) is 0 Å². The van der Waals surface area contributed by atoms with Gasteiger partial charge in [-0.1, -0.05) is 19.1 Å². The fourth-order valence-corrected chi connectivity index (χ4v) is 3.20. The van der Waals surface area contributed by atoms with Crippen LogP contribution in [-0.2, 0) is 6.54 Å². The van der Waals surface area contributed by atoms with Crippen molar-refractivity contribution < 1.29 is 0 Å². The van der Waals surface area contributed by atoms with E-state index in [1.807, 2.05) is 12.1 Å². The molecule has 0 radical (unpaired) electrons. The van der Waals surface area contributed by atoms with Gasteiger partial charge in [0.05, 0.1) is 0 Å². The Morgan fingerprint density at radius 2 is 2.11 bits per heavy atom. The van der Waals surface area contributed by atoms with Crippen molar-refractivity contribution >= 4 is 21.6 Å². The van der Waals surface area contributed by atoms with Crippen molar-refractivity contribution in [3.63, 3.8) is 0 Å². The maximum atomic E-state index is 5.92. The lowest BCUT2D eigenvalue weighted by Gasteiger charge is -2.22. The highest BCUT2D eigenvalue weighted by molar-refractivity contribution is 9.10. The summed E-state index contributed by atoms with van der Waals surface area (Å²) in [5.74, 6) is 0.722. The lowest BCUT2D eigenvalue weighted by Crippen LogP contribution is -2.34. The van der Waals surface area contributed by atoms with Crippen LogP contribution in [0.4, 0.5) is 5.69 Å². The number of hydrogen-bond donors (Lipinski definition) is 1. The second-order valence-corrected chi connectivity index (χ2v) is 6.32. The molecule has 100 valence electrons. The van der Waals surface area contributed by atoms with E-state index in [4.69, 9.17) is 5.73 Å². The highest BCUT2D eigenvalue weighted by atomic mass is 79.9. The maximum Gasteiger partial charge on any atom is 0.0461 e. The van der Waals surface area contributed by atoms with Gasteiger partial charge >= 0.3 is 0 Å². The van der Waals surface area contributed by atoms with Crippen molar-refractivity contribution in [2.75, 3.05) is 32.9 Å². The summed E-state index contributed by atoms with van der Waals surface area (Å²) in [5.41, 5.74) is 8.03. The summed E-state index contributed by atoms with van der Waals surface area (Å²) >= 11 is 3.58. The first kappa shape index (κ1) is 13.8. The summed E-state index contributed by atoms with van der Waals surface area (Å²) < 4.78 is 1.05. The third-order valence-corrected chi connectivity index (χ3v) is 4.78. The Kier molecular flexibility index (Phi) is 4.30. The predicted octanol–water partition coefficient (Wildman–Crippen LogP) is 2.41. The molecule has 18 heavy (non-hydrogen) atoms. The Morgan fingerprint density at radius 3 is 2.72 bits per heavy atom. The van der Waals surface area contributed by atoms with E-state index in [0.717, 1.165) is 35.7 Å². The Bertz CT molecular complexity index is 420. The fraction of sp³-hybridized carbons (Fsp3) is 0.571. The molecule has 2 unspecified atom stereocenters. The molecule has 0 spiro atoms. The number of anilines is 1. The molecular weight excluding hydrogens is 290 g/mol. The molecule has 2 atom stereocenters. The molecule has 2 rings (SSSR count). The second kappa shape index (κ2) is 5.59. The van der Waals surface area contributed by atoms with E-state index >= 15 is 0 Å². The Balaban J connectivity index is 2.05. The monoisotopic (exact) mass is 311 g/mol. The van der Waals surface area contributed by atoms with E-state index in [0.29, 0.717) is 6.04 Å². The largest absolute Gasteiger partial charge is 0.398 e. The third-order valence-electron chi connectivity index (χ3n) is 3.81. The van der Waals surface area contributed by atoms with Gasteiger partial charge in [-0.3, -0.25) is 4.90 Å². The van der Waals surface area contributed by atoms with E-state index in [1.165, 1.54) is 5.56 Å². The first-order valence-corrected chi connectivity index (χ1v) is 7.20. The molecule has 0 bridgehead atoms. The van der Waals surface area contributed by atoms with E-state index in [9.17, 15) is 0 Å². The number of benzene rings is 1. The molecule has 1 aliphatic heterocycles. The Labute approximate surface area is 118 Å². The van der Waals surface area contributed by atoms with Crippen LogP contribution in [0.1, 0.15) is 12.5 Å². The Hall–Kier alpha value is -0.580. The number of likely N-dealkylation sites (N-methyl/N-ethyl adjacent to an activating group) is 1. The maximum absolute atomic E-state index is 5.92. The second-order valence-electron chi connectivity index (χ2n) is 5.52. The zero-order valence-corrected chi connectivity index (χ0v) is 12.9. The van der Waals surface area contributed by atoms with Crippen molar-refractivity contribution in [3.8, 4) is 0 Å². The highest BCUT2D eigenvalue weighted by Gasteiger charge is 2.30. The number of halogens is 1. The van der Waals surface area contributed by atoms with Crippen molar-refractivity contribution in [2.45, 2.75) is 19.5 Å². The van der Waals surface area contributed by atoms with Gasteiger partial charge in [-0.15, -0.1) is 0 Å². The molecule has 3 nitrogen and oxygen atoms in total. The average molecular weight is 312 g/mol. The summed E-state index contributed by atoms with van der Waals surface area (Å²) in [6.45, 7) is 5.60. The minimum atomic E-state index is 0.657. The van der Waals surface area contributed by atoms with Crippen LogP contribution in [0.5, 0.6) is 0 Å². The van der Waals surface area contributed by atoms with Crippen LogP contribution in [-0.4, -0.2) is 43.0 Å². The van der Waals surface area contributed by atoms with Crippen LogP contribution < -0.4 is 5.73 Å². The Morgan fingerprint density at radius 1 is 1.39 bits per heavy atom. The van der Waals surface area contributed by atoms with Gasteiger partial charge in [0.2, 0.25) is 0 Å². The fourth-order valence-electron chi connectivity index (χ4n) is 2.81. The van der Waals surface area contributed by atoms with Crippen LogP contribution in [0, 0.1) is 5.92 Å². The number of hydrogen-bond acceptors (Lipinski definition) is 3. The summed E-state index contributed by atoms with van der Waals surface area (Å²) in [6.07, 6.45) is 0. The molecule has 1 aliphatic rings. The van der Waals surface area contributed by atoms with Crippen LogP contribution in [0.25, 0.3) is 0 Å². The number of likely N-dealkylation sites (tertiary alicyclic amines) is 1. The van der Waals surface area contributed by atoms with E-state index in [-0.39, 0.29) is 0 Å². The number of rotatable bonds is 3. The number of nitrogens with zero attached hydrogens (tertiary/aromatic N) is 2. The molecule has 0 amide bonds. The summed E-state index contributed by atoms with van der Waals surface area (Å²) in [6, 6.07) is 6.76. The van der Waals surface area contributed by atoms with Gasteiger partial charge in [-0.2, -0.15) is 0 Å². The molecule has 0 saturated carbocycles. The third kappa shape index (κ3) is 2.87. The molecule has 1 fully saturated rings. The average Bonchev–Trinajstić information content (AvgIpc) is 2.66. The molecule has 2 N–H and O–H groups in total. The zero-order chi connectivity index (χ0) is 13.3. The van der Waals surface area contributed by atoms with Crippen LogP contribution in [0.15, 0.2) is 22.7 Å². The zero-order valence-electron chi connectivity index (χ0n) is 11.4. The van der Waals surface area contributed by atoms with E-state index in [2.05, 4.69) is 52.8 Å². The normalized spacial score (nSPS) is 24.9. The van der Waals surface area contributed by atoms with Gasteiger partial charge < -0.3 is 10.6 Å². The lowest BCUT2D eigenvalue weighted by atomic mass is 10.1. The standard InChI is InChI=1S/C14H22BrN3/c1-10-7-18(9-13(10)17(2)3)8-11-5-4-6-12(16)14(11)15/h4-6,10,13H,7-9,16H2,1-3H3. The first-order valence-electron chi connectivity index (χ1n) is 6.40. The molecule has 0 aliphatic carbocycles.